The van der Waals surface area contributed by atoms with Gasteiger partial charge in [0.1, 0.15) is 0 Å². The maximum absolute atomic E-state index is 11.7. The summed E-state index contributed by atoms with van der Waals surface area (Å²) in [6.45, 7) is 6.60. The average molecular weight is 406 g/mol. The molecule has 0 spiro atoms. The summed E-state index contributed by atoms with van der Waals surface area (Å²) in [5, 5.41) is 0. The molecule has 0 bridgehead atoms. The van der Waals surface area contributed by atoms with Crippen molar-refractivity contribution < 1.29 is 23.3 Å². The van der Waals surface area contributed by atoms with Gasteiger partial charge in [-0.1, -0.05) is 20.3 Å². The van der Waals surface area contributed by atoms with Gasteiger partial charge in [-0.25, -0.2) is 9.59 Å². The van der Waals surface area contributed by atoms with Crippen molar-refractivity contribution in [2.75, 3.05) is 27.9 Å². The predicted molar refractivity (Wildman–Crippen MR) is 104 cm³/mol. The number of aromatic amines is 1. The molecule has 1 heterocycles. The van der Waals surface area contributed by atoms with Crippen LogP contribution in [0, 0.1) is 6.92 Å². The number of hydrogen-bond acceptors (Lipinski definition) is 7. The van der Waals surface area contributed by atoms with Crippen molar-refractivity contribution in [2.24, 2.45) is 0 Å². The van der Waals surface area contributed by atoms with Crippen molar-refractivity contribution in [1.82, 2.24) is 9.55 Å². The number of unbranched alkanes of at least 4 members (excludes halogenated alkanes) is 1. The van der Waals surface area contributed by atoms with E-state index in [9.17, 15) is 14.4 Å². The van der Waals surface area contributed by atoms with Crippen LogP contribution in [0.3, 0.4) is 0 Å². The lowest BCUT2D eigenvalue weighted by atomic mass is 10.3. The van der Waals surface area contributed by atoms with E-state index in [-0.39, 0.29) is 12.2 Å². The largest absolute Gasteiger partial charge is 0.467 e. The predicted octanol–water partition coefficient (Wildman–Crippen LogP) is 2.16. The Kier molecular flexibility index (Phi) is 13.7. The van der Waals surface area contributed by atoms with Crippen molar-refractivity contribution in [3.63, 3.8) is 0 Å². The number of hydrogen-bond donors (Lipinski definition) is 1. The van der Waals surface area contributed by atoms with Gasteiger partial charge >= 0.3 is 11.7 Å². The molecule has 0 aliphatic heterocycles. The molecule has 27 heavy (non-hydrogen) atoms. The molecule has 0 aliphatic carbocycles. The van der Waals surface area contributed by atoms with Gasteiger partial charge < -0.3 is 23.1 Å². The number of ether oxygens (including phenoxy) is 2. The molecule has 0 saturated carbocycles. The van der Waals surface area contributed by atoms with Crippen LogP contribution in [0.5, 0.6) is 0 Å². The smallest absolute Gasteiger partial charge is 0.344 e. The third-order valence-corrected chi connectivity index (χ3v) is 4.67. The zero-order valence-electron chi connectivity index (χ0n) is 16.9. The Bertz CT molecular complexity index is 655. The standard InChI is InChI=1S/C14H23N2O7P.C3H8/c1-10-9-16(14(19)15-11(10)17)7-5-6-8-23-13(12(18)20-2)24(21-3)22-4;1-3-2/h9,13H,5-8H2,1-4H3,(H,15,17,19);3H2,1-2H3. The van der Waals surface area contributed by atoms with Crippen LogP contribution < -0.4 is 11.2 Å². The summed E-state index contributed by atoms with van der Waals surface area (Å²) < 4.78 is 21.8. The minimum atomic E-state index is -1.53. The van der Waals surface area contributed by atoms with Gasteiger partial charge in [-0.2, -0.15) is 0 Å². The fourth-order valence-electron chi connectivity index (χ4n) is 1.95. The number of H-pyrrole nitrogens is 1. The first kappa shape index (κ1) is 25.5. The van der Waals surface area contributed by atoms with Crippen molar-refractivity contribution in [2.45, 2.75) is 52.4 Å². The van der Waals surface area contributed by atoms with E-state index in [0.29, 0.717) is 24.9 Å². The number of carbonyl (C=O) groups is 1. The summed E-state index contributed by atoms with van der Waals surface area (Å²) in [4.78, 5) is 36.9. The molecule has 0 radical (unpaired) electrons. The van der Waals surface area contributed by atoms with Gasteiger partial charge in [0.25, 0.3) is 5.56 Å². The first-order valence-electron chi connectivity index (χ1n) is 8.73. The Labute approximate surface area is 160 Å². The molecule has 1 N–H and O–H groups in total. The van der Waals surface area contributed by atoms with Crippen LogP contribution in [-0.2, 0) is 29.9 Å². The van der Waals surface area contributed by atoms with Crippen LogP contribution >= 0.6 is 8.38 Å². The van der Waals surface area contributed by atoms with Gasteiger partial charge in [-0.15, -0.1) is 0 Å². The number of aromatic nitrogens is 2. The van der Waals surface area contributed by atoms with Crippen LogP contribution in [0.4, 0.5) is 0 Å². The third kappa shape index (κ3) is 9.28. The van der Waals surface area contributed by atoms with E-state index < -0.39 is 25.9 Å². The van der Waals surface area contributed by atoms with Crippen molar-refractivity contribution in [1.29, 1.82) is 0 Å². The van der Waals surface area contributed by atoms with Crippen LogP contribution in [0.1, 0.15) is 38.7 Å². The van der Waals surface area contributed by atoms with E-state index in [1.54, 1.807) is 6.92 Å². The van der Waals surface area contributed by atoms with E-state index >= 15 is 0 Å². The molecular formula is C17H31N2O7P. The van der Waals surface area contributed by atoms with E-state index in [2.05, 4.69) is 23.6 Å². The molecule has 1 aromatic rings. The number of esters is 1. The monoisotopic (exact) mass is 406 g/mol. The zero-order chi connectivity index (χ0) is 20.8. The average Bonchev–Trinajstić information content (AvgIpc) is 2.64. The van der Waals surface area contributed by atoms with Gasteiger partial charge in [0.15, 0.2) is 0 Å². The number of nitrogens with zero attached hydrogens (tertiary/aromatic N) is 1. The Hall–Kier alpha value is -1.54. The van der Waals surface area contributed by atoms with Crippen LogP contribution in [0.25, 0.3) is 0 Å². The molecule has 9 nitrogen and oxygen atoms in total. The van der Waals surface area contributed by atoms with Gasteiger partial charge in [-0.3, -0.25) is 9.78 Å². The molecule has 1 rings (SSSR count). The van der Waals surface area contributed by atoms with Gasteiger partial charge in [-0.05, 0) is 19.8 Å². The summed E-state index contributed by atoms with van der Waals surface area (Å²) in [7, 11) is 2.59. The van der Waals surface area contributed by atoms with Gasteiger partial charge in [0.2, 0.25) is 14.2 Å². The number of aryl methyl sites for hydroxylation is 2. The van der Waals surface area contributed by atoms with Crippen LogP contribution in [0.15, 0.2) is 15.8 Å². The summed E-state index contributed by atoms with van der Waals surface area (Å²) in [5.74, 6) is -1.48. The second-order valence-corrected chi connectivity index (χ2v) is 7.35. The minimum absolute atomic E-state index is 0.280. The minimum Gasteiger partial charge on any atom is -0.467 e. The zero-order valence-corrected chi connectivity index (χ0v) is 17.8. The van der Waals surface area contributed by atoms with E-state index in [1.807, 2.05) is 0 Å². The highest BCUT2D eigenvalue weighted by molar-refractivity contribution is 7.49. The molecule has 1 aromatic heterocycles. The highest BCUT2D eigenvalue weighted by atomic mass is 31.2. The summed E-state index contributed by atoms with van der Waals surface area (Å²) in [6.07, 6.45) is 4.01. The van der Waals surface area contributed by atoms with E-state index in [0.717, 1.165) is 0 Å². The maximum atomic E-state index is 11.7. The van der Waals surface area contributed by atoms with Gasteiger partial charge in [0, 0.05) is 39.1 Å². The van der Waals surface area contributed by atoms with Crippen molar-refractivity contribution >= 4 is 14.3 Å². The van der Waals surface area contributed by atoms with Crippen molar-refractivity contribution in [3.05, 3.63) is 32.6 Å². The fraction of sp³-hybridized carbons (Fsp3) is 0.706. The second kappa shape index (κ2) is 14.5. The van der Waals surface area contributed by atoms with E-state index in [4.69, 9.17) is 13.8 Å². The Morgan fingerprint density at radius 2 is 1.78 bits per heavy atom. The fourth-order valence-corrected chi connectivity index (χ4v) is 2.98. The molecule has 0 saturated heterocycles. The van der Waals surface area contributed by atoms with Crippen LogP contribution in [0.2, 0.25) is 0 Å². The molecule has 1 unspecified atom stereocenters. The molecule has 0 amide bonds. The Morgan fingerprint density at radius 3 is 2.30 bits per heavy atom. The lowest BCUT2D eigenvalue weighted by Gasteiger charge is -2.21. The van der Waals surface area contributed by atoms with Crippen LogP contribution in [-0.4, -0.2) is 49.3 Å². The lowest BCUT2D eigenvalue weighted by Crippen LogP contribution is -2.31. The summed E-state index contributed by atoms with van der Waals surface area (Å²) in [5.41, 5.74) is -0.350. The van der Waals surface area contributed by atoms with Crippen molar-refractivity contribution in [3.8, 4) is 0 Å². The van der Waals surface area contributed by atoms with Gasteiger partial charge in [0.05, 0.1) is 7.11 Å². The molecule has 0 aliphatic rings. The lowest BCUT2D eigenvalue weighted by molar-refractivity contribution is -0.149. The maximum Gasteiger partial charge on any atom is 0.344 e. The Balaban J connectivity index is 0.00000210. The normalized spacial score (nSPS) is 11.7. The molecule has 0 fully saturated rings. The quantitative estimate of drug-likeness (QED) is 0.360. The topological polar surface area (TPSA) is 109 Å². The first-order chi connectivity index (χ1) is 12.9. The Morgan fingerprint density at radius 1 is 1.19 bits per heavy atom. The molecule has 156 valence electrons. The molecule has 1 atom stereocenters. The second-order valence-electron chi connectivity index (χ2n) is 5.58. The number of nitrogens with one attached hydrogen (secondary N) is 1. The highest BCUT2D eigenvalue weighted by Crippen LogP contribution is 2.43. The first-order valence-corrected chi connectivity index (χ1v) is 9.98. The summed E-state index contributed by atoms with van der Waals surface area (Å²) in [6, 6.07) is 0. The number of methoxy groups -OCH3 is 1. The third-order valence-electron chi connectivity index (χ3n) is 3.21. The highest BCUT2D eigenvalue weighted by Gasteiger charge is 2.31. The van der Waals surface area contributed by atoms with E-state index in [1.165, 1.54) is 38.5 Å². The molecular weight excluding hydrogens is 375 g/mol. The molecule has 0 aromatic carbocycles. The summed E-state index contributed by atoms with van der Waals surface area (Å²) >= 11 is 0. The number of rotatable bonds is 10. The SMILES string of the molecule is CCC.COC(=O)C(OCCCCn1cc(C)c(=O)[nH]c1=O)P(OC)OC. The number of carbonyl (C=O) groups excluding carboxylic acids is 1. The molecule has 10 heteroatoms.